The van der Waals surface area contributed by atoms with E-state index in [1.807, 2.05) is 20.8 Å². The van der Waals surface area contributed by atoms with Crippen LogP contribution in [0.15, 0.2) is 30.6 Å². The lowest BCUT2D eigenvalue weighted by Crippen LogP contribution is -2.55. The SMILES string of the molecule is CC(C)(C)OC(=O)N1CCCC(Oc2ccc(N3C(=S)N(c4cnc(C#N)c(C(F)(F)F)c4)C(=O)C34CCC4)cn2)C1. The van der Waals surface area contributed by atoms with Crippen LogP contribution < -0.4 is 14.5 Å². The first-order valence-electron chi connectivity index (χ1n) is 13.5. The number of anilines is 2. The second-order valence-corrected chi connectivity index (χ2v) is 11.9. The first-order valence-corrected chi connectivity index (χ1v) is 13.9. The molecule has 3 aliphatic rings. The van der Waals surface area contributed by atoms with E-state index in [9.17, 15) is 22.8 Å². The molecule has 42 heavy (non-hydrogen) atoms. The number of aromatic nitrogens is 2. The fraction of sp³-hybridized carbons (Fsp3) is 0.500. The van der Waals surface area contributed by atoms with E-state index in [2.05, 4.69) is 9.97 Å². The van der Waals surface area contributed by atoms with Gasteiger partial charge in [0.25, 0.3) is 5.91 Å². The van der Waals surface area contributed by atoms with E-state index in [1.54, 1.807) is 21.9 Å². The normalized spacial score (nSPS) is 20.4. The van der Waals surface area contributed by atoms with Crippen molar-refractivity contribution in [3.63, 3.8) is 0 Å². The highest BCUT2D eigenvalue weighted by atomic mass is 32.1. The fourth-order valence-corrected chi connectivity index (χ4v) is 5.83. The zero-order valence-electron chi connectivity index (χ0n) is 23.3. The van der Waals surface area contributed by atoms with Gasteiger partial charge in [-0.15, -0.1) is 0 Å². The van der Waals surface area contributed by atoms with E-state index in [4.69, 9.17) is 27.0 Å². The van der Waals surface area contributed by atoms with Gasteiger partial charge in [0.1, 0.15) is 23.3 Å². The third-order valence-electron chi connectivity index (χ3n) is 7.43. The van der Waals surface area contributed by atoms with Gasteiger partial charge in [0, 0.05) is 12.6 Å². The molecule has 2 aromatic heterocycles. The number of halogens is 3. The summed E-state index contributed by atoms with van der Waals surface area (Å²) in [5.41, 5.74) is -3.36. The van der Waals surface area contributed by atoms with Crippen molar-refractivity contribution in [1.29, 1.82) is 5.26 Å². The number of rotatable bonds is 4. The Kier molecular flexibility index (Phi) is 7.51. The summed E-state index contributed by atoms with van der Waals surface area (Å²) in [5.74, 6) is -0.139. The van der Waals surface area contributed by atoms with E-state index < -0.39 is 40.6 Å². The van der Waals surface area contributed by atoms with Gasteiger partial charge >= 0.3 is 12.3 Å². The Morgan fingerprint density at radius 2 is 1.86 bits per heavy atom. The summed E-state index contributed by atoms with van der Waals surface area (Å²) in [6.07, 6.45) is 0.142. The molecule has 0 N–H and O–H groups in total. The summed E-state index contributed by atoms with van der Waals surface area (Å²) in [7, 11) is 0. The number of nitriles is 1. The van der Waals surface area contributed by atoms with Gasteiger partial charge < -0.3 is 19.3 Å². The van der Waals surface area contributed by atoms with Gasteiger partial charge in [-0.2, -0.15) is 18.4 Å². The lowest BCUT2D eigenvalue weighted by molar-refractivity contribution is -0.138. The minimum absolute atomic E-state index is 0.00455. The standard InChI is InChI=1S/C28H29F3N6O4S/c1-26(2,3)41-25(39)35-11-4-6-19(16-35)40-22-8-7-17(14-34-22)37-24(42)36(23(38)27(37)9-5-10-27)18-12-20(28(29,30)31)21(13-32)33-15-18/h7-8,12,14-15,19H,4-6,9-11,16H2,1-3H3. The number of amides is 2. The topological polar surface area (TPSA) is 112 Å². The van der Waals surface area contributed by atoms with Crippen LogP contribution >= 0.6 is 12.2 Å². The first kappa shape index (κ1) is 29.5. The van der Waals surface area contributed by atoms with Crippen molar-refractivity contribution in [2.45, 2.75) is 76.3 Å². The van der Waals surface area contributed by atoms with Crippen molar-refractivity contribution in [2.24, 2.45) is 0 Å². The number of alkyl halides is 3. The molecular weight excluding hydrogens is 573 g/mol. The molecule has 1 atom stereocenters. The van der Waals surface area contributed by atoms with Gasteiger partial charge in [-0.3, -0.25) is 9.69 Å². The van der Waals surface area contributed by atoms with E-state index >= 15 is 0 Å². The van der Waals surface area contributed by atoms with E-state index in [-0.39, 0.29) is 16.9 Å². The molecule has 2 saturated heterocycles. The summed E-state index contributed by atoms with van der Waals surface area (Å²) in [4.78, 5) is 38.5. The lowest BCUT2D eigenvalue weighted by Gasteiger charge is -2.42. The largest absolute Gasteiger partial charge is 0.472 e. The van der Waals surface area contributed by atoms with E-state index in [1.165, 1.54) is 12.3 Å². The molecule has 2 amide bonds. The van der Waals surface area contributed by atoms with Crippen molar-refractivity contribution in [2.75, 3.05) is 22.9 Å². The summed E-state index contributed by atoms with van der Waals surface area (Å²) in [6, 6.07) is 5.50. The molecule has 4 heterocycles. The van der Waals surface area contributed by atoms with Gasteiger partial charge in [-0.05, 0) is 77.2 Å². The Morgan fingerprint density at radius 1 is 1.14 bits per heavy atom. The van der Waals surface area contributed by atoms with Crippen molar-refractivity contribution in [3.05, 3.63) is 41.9 Å². The Morgan fingerprint density at radius 3 is 2.43 bits per heavy atom. The predicted molar refractivity (Wildman–Crippen MR) is 149 cm³/mol. The van der Waals surface area contributed by atoms with Crippen LogP contribution in [0.1, 0.15) is 64.1 Å². The molecule has 1 spiro atoms. The number of likely N-dealkylation sites (tertiary alicyclic amines) is 1. The molecule has 1 aliphatic carbocycles. The van der Waals surface area contributed by atoms with Crippen LogP contribution in [-0.2, 0) is 15.7 Å². The fourth-order valence-electron chi connectivity index (χ4n) is 5.36. The lowest BCUT2D eigenvalue weighted by atomic mass is 9.75. The van der Waals surface area contributed by atoms with Gasteiger partial charge in [-0.1, -0.05) is 0 Å². The van der Waals surface area contributed by atoms with Crippen LogP contribution in [0, 0.1) is 11.3 Å². The molecule has 14 heteroatoms. The quantitative estimate of drug-likeness (QED) is 0.436. The summed E-state index contributed by atoms with van der Waals surface area (Å²) in [6.45, 7) is 6.34. The molecule has 10 nitrogen and oxygen atoms in total. The number of hydrogen-bond donors (Lipinski definition) is 0. The van der Waals surface area contributed by atoms with Crippen LogP contribution in [-0.4, -0.2) is 62.3 Å². The Labute approximate surface area is 246 Å². The summed E-state index contributed by atoms with van der Waals surface area (Å²) in [5, 5.41) is 9.09. The molecule has 2 aliphatic heterocycles. The van der Waals surface area contributed by atoms with Crippen LogP contribution in [0.5, 0.6) is 5.88 Å². The van der Waals surface area contributed by atoms with E-state index in [0.29, 0.717) is 37.5 Å². The number of hydrogen-bond acceptors (Lipinski definition) is 8. The second-order valence-electron chi connectivity index (χ2n) is 11.5. The van der Waals surface area contributed by atoms with Crippen molar-refractivity contribution < 1.29 is 32.2 Å². The minimum Gasteiger partial charge on any atom is -0.472 e. The molecule has 1 unspecified atom stereocenters. The van der Waals surface area contributed by atoms with Gasteiger partial charge in [0.2, 0.25) is 5.88 Å². The van der Waals surface area contributed by atoms with E-state index in [0.717, 1.165) is 36.4 Å². The van der Waals surface area contributed by atoms with Crippen molar-refractivity contribution >= 4 is 40.7 Å². The number of thiocarbonyl (C=S) groups is 1. The first-order chi connectivity index (χ1) is 19.7. The highest BCUT2D eigenvalue weighted by molar-refractivity contribution is 7.81. The Bertz CT molecular complexity index is 1450. The molecular formula is C28H29F3N6O4S. The molecule has 1 saturated carbocycles. The van der Waals surface area contributed by atoms with Crippen LogP contribution in [0.4, 0.5) is 29.3 Å². The van der Waals surface area contributed by atoms with Crippen LogP contribution in [0.2, 0.25) is 0 Å². The van der Waals surface area contributed by atoms with Gasteiger partial charge in [0.15, 0.2) is 10.8 Å². The number of carbonyl (C=O) groups is 2. The number of nitrogens with zero attached hydrogens (tertiary/aromatic N) is 6. The average molecular weight is 603 g/mol. The average Bonchev–Trinajstić information content (AvgIpc) is 3.14. The number of piperidine rings is 1. The molecule has 0 bridgehead atoms. The monoisotopic (exact) mass is 602 g/mol. The molecule has 222 valence electrons. The van der Waals surface area contributed by atoms with Crippen molar-refractivity contribution in [3.8, 4) is 11.9 Å². The third kappa shape index (κ3) is 5.45. The zero-order valence-corrected chi connectivity index (χ0v) is 24.1. The Hall–Kier alpha value is -3.99. The minimum atomic E-state index is -4.84. The zero-order chi connectivity index (χ0) is 30.4. The summed E-state index contributed by atoms with van der Waals surface area (Å²) < 4.78 is 52.4. The maximum Gasteiger partial charge on any atom is 0.419 e. The molecule has 5 rings (SSSR count). The number of pyridine rings is 2. The predicted octanol–water partition coefficient (Wildman–Crippen LogP) is 5.21. The number of ether oxygens (including phenoxy) is 2. The van der Waals surface area contributed by atoms with Crippen LogP contribution in [0.25, 0.3) is 0 Å². The smallest absolute Gasteiger partial charge is 0.419 e. The second kappa shape index (κ2) is 10.7. The third-order valence-corrected chi connectivity index (χ3v) is 7.80. The molecule has 2 aromatic rings. The van der Waals surface area contributed by atoms with Gasteiger partial charge in [0.05, 0.1) is 35.9 Å². The van der Waals surface area contributed by atoms with Crippen molar-refractivity contribution in [1.82, 2.24) is 14.9 Å². The molecule has 3 fully saturated rings. The van der Waals surface area contributed by atoms with Crippen LogP contribution in [0.3, 0.4) is 0 Å². The maximum atomic E-state index is 13.7. The maximum absolute atomic E-state index is 13.7. The molecule has 0 radical (unpaired) electrons. The number of carbonyl (C=O) groups excluding carboxylic acids is 2. The highest BCUT2D eigenvalue weighted by Gasteiger charge is 2.60. The summed E-state index contributed by atoms with van der Waals surface area (Å²) >= 11 is 5.64. The molecule has 0 aromatic carbocycles. The highest BCUT2D eigenvalue weighted by Crippen LogP contribution is 2.48. The Balaban J connectivity index is 1.35. The van der Waals surface area contributed by atoms with Gasteiger partial charge in [-0.25, -0.2) is 14.8 Å².